The highest BCUT2D eigenvalue weighted by Crippen LogP contribution is 2.34. The minimum absolute atomic E-state index is 0.00573. The number of rotatable bonds is 7. The molecule has 1 N–H and O–H groups in total. The Bertz CT molecular complexity index is 1210. The maximum absolute atomic E-state index is 13.4. The zero-order valence-electron chi connectivity index (χ0n) is 20.4. The van der Waals surface area contributed by atoms with E-state index in [1.807, 2.05) is 50.1 Å². The third kappa shape index (κ3) is 5.66. The van der Waals surface area contributed by atoms with Gasteiger partial charge in [-0.15, -0.1) is 0 Å². The average Bonchev–Trinajstić information content (AvgIpc) is 3.19. The summed E-state index contributed by atoms with van der Waals surface area (Å²) < 4.78 is 7.95. The standard InChI is InChI=1S/C26H30ClN5O3/c1-17(2)32-16-20(15-30(3)14-18-8-10-19(27)11-9-18)35-24-21(26(32)34)6-5-7-22(24)29-25(33)23-12-13-28-31(23)4/h5-13,17,20H,14-16H2,1-4H3,(H,29,33)/t20-/m1/s1. The van der Waals surface area contributed by atoms with E-state index in [0.29, 0.717) is 47.4 Å². The molecule has 0 saturated heterocycles. The molecule has 0 unspecified atom stereocenters. The number of amides is 2. The number of nitrogens with one attached hydrogen (secondary N) is 1. The van der Waals surface area contributed by atoms with E-state index in [9.17, 15) is 9.59 Å². The first-order chi connectivity index (χ1) is 16.7. The van der Waals surface area contributed by atoms with Gasteiger partial charge in [0.25, 0.3) is 11.8 Å². The zero-order chi connectivity index (χ0) is 25.1. The number of ether oxygens (including phenoxy) is 1. The Hall–Kier alpha value is -3.36. The van der Waals surface area contributed by atoms with Crippen molar-refractivity contribution in [2.45, 2.75) is 32.5 Å². The molecule has 184 valence electrons. The molecule has 1 aromatic heterocycles. The SMILES string of the molecule is CC(C)N1C[C@@H](CN(C)Cc2ccc(Cl)cc2)Oc2c(NC(=O)c3ccnn3C)cccc2C1=O. The predicted octanol–water partition coefficient (Wildman–Crippen LogP) is 4.07. The number of anilines is 1. The number of carbonyl (C=O) groups excluding carboxylic acids is 2. The molecule has 1 aliphatic heterocycles. The van der Waals surface area contributed by atoms with Crippen LogP contribution in [0, 0.1) is 0 Å². The van der Waals surface area contributed by atoms with Crippen molar-refractivity contribution in [1.82, 2.24) is 19.6 Å². The number of fused-ring (bicyclic) bond motifs is 1. The fraction of sp³-hybridized carbons (Fsp3) is 0.346. The second kappa shape index (κ2) is 10.5. The molecule has 0 saturated carbocycles. The summed E-state index contributed by atoms with van der Waals surface area (Å²) in [7, 11) is 3.72. The molecule has 0 bridgehead atoms. The lowest BCUT2D eigenvalue weighted by Crippen LogP contribution is -2.45. The quantitative estimate of drug-likeness (QED) is 0.534. The van der Waals surface area contributed by atoms with Crippen LogP contribution in [0.1, 0.15) is 40.3 Å². The molecule has 1 atom stereocenters. The van der Waals surface area contributed by atoms with Crippen molar-refractivity contribution in [2.75, 3.05) is 25.5 Å². The number of hydrogen-bond donors (Lipinski definition) is 1. The van der Waals surface area contributed by atoms with Gasteiger partial charge in [0.15, 0.2) is 5.75 Å². The number of hydrogen-bond acceptors (Lipinski definition) is 5. The smallest absolute Gasteiger partial charge is 0.274 e. The fourth-order valence-electron chi connectivity index (χ4n) is 4.23. The van der Waals surface area contributed by atoms with Gasteiger partial charge in [-0.05, 0) is 56.8 Å². The number of carbonyl (C=O) groups is 2. The van der Waals surface area contributed by atoms with Crippen LogP contribution >= 0.6 is 11.6 Å². The molecular formula is C26H30ClN5O3. The van der Waals surface area contributed by atoms with Crippen LogP contribution in [0.3, 0.4) is 0 Å². The van der Waals surface area contributed by atoms with Crippen LogP contribution in [0.15, 0.2) is 54.7 Å². The van der Waals surface area contributed by atoms with Crippen molar-refractivity contribution in [2.24, 2.45) is 7.05 Å². The zero-order valence-corrected chi connectivity index (χ0v) is 21.1. The summed E-state index contributed by atoms with van der Waals surface area (Å²) >= 11 is 6.02. The number of likely N-dealkylation sites (N-methyl/N-ethyl adjacent to an activating group) is 1. The van der Waals surface area contributed by atoms with Crippen LogP contribution in [-0.2, 0) is 13.6 Å². The Morgan fingerprint density at radius 2 is 1.97 bits per heavy atom. The van der Waals surface area contributed by atoms with Crippen molar-refractivity contribution in [1.29, 1.82) is 0 Å². The molecular weight excluding hydrogens is 466 g/mol. The maximum atomic E-state index is 13.4. The van der Waals surface area contributed by atoms with Crippen LogP contribution in [0.4, 0.5) is 5.69 Å². The van der Waals surface area contributed by atoms with E-state index in [1.54, 1.807) is 37.5 Å². The lowest BCUT2D eigenvalue weighted by Gasteiger charge is -2.30. The predicted molar refractivity (Wildman–Crippen MR) is 136 cm³/mol. The molecule has 35 heavy (non-hydrogen) atoms. The summed E-state index contributed by atoms with van der Waals surface area (Å²) in [5.41, 5.74) is 2.43. The molecule has 1 aliphatic rings. The van der Waals surface area contributed by atoms with Crippen molar-refractivity contribution in [3.63, 3.8) is 0 Å². The summed E-state index contributed by atoms with van der Waals surface area (Å²) in [6.07, 6.45) is 1.27. The van der Waals surface area contributed by atoms with Gasteiger partial charge in [0, 0.05) is 37.4 Å². The van der Waals surface area contributed by atoms with Gasteiger partial charge in [-0.2, -0.15) is 5.10 Å². The molecule has 3 aromatic rings. The number of halogens is 1. The Balaban J connectivity index is 1.60. The maximum Gasteiger partial charge on any atom is 0.274 e. The van der Waals surface area contributed by atoms with Crippen molar-refractivity contribution < 1.29 is 14.3 Å². The Kier molecular flexibility index (Phi) is 7.42. The number of benzene rings is 2. The van der Waals surface area contributed by atoms with Crippen LogP contribution in [-0.4, -0.2) is 63.7 Å². The Labute approximate surface area is 210 Å². The summed E-state index contributed by atoms with van der Waals surface area (Å²) in [5, 5.41) is 7.66. The van der Waals surface area contributed by atoms with Crippen LogP contribution in [0.5, 0.6) is 5.75 Å². The first-order valence-electron chi connectivity index (χ1n) is 11.6. The molecule has 0 radical (unpaired) electrons. The first-order valence-corrected chi connectivity index (χ1v) is 11.9. The van der Waals surface area contributed by atoms with E-state index in [2.05, 4.69) is 15.3 Å². The lowest BCUT2D eigenvalue weighted by molar-refractivity contribution is 0.0605. The summed E-state index contributed by atoms with van der Waals surface area (Å²) in [5.74, 6) is -0.0497. The molecule has 2 amide bonds. The van der Waals surface area contributed by atoms with Crippen LogP contribution in [0.2, 0.25) is 5.02 Å². The number of para-hydroxylation sites is 1. The van der Waals surface area contributed by atoms with Crippen molar-refractivity contribution in [3.8, 4) is 5.75 Å². The minimum atomic E-state index is -0.323. The van der Waals surface area contributed by atoms with E-state index < -0.39 is 0 Å². The normalized spacial score (nSPS) is 15.7. The highest BCUT2D eigenvalue weighted by molar-refractivity contribution is 6.30. The number of aryl methyl sites for hydroxylation is 1. The van der Waals surface area contributed by atoms with Gasteiger partial charge in [0.05, 0.1) is 17.8 Å². The van der Waals surface area contributed by atoms with Gasteiger partial charge in [0.1, 0.15) is 11.8 Å². The van der Waals surface area contributed by atoms with Crippen LogP contribution in [0.25, 0.3) is 0 Å². The molecule has 2 aromatic carbocycles. The van der Waals surface area contributed by atoms with Crippen LogP contribution < -0.4 is 10.1 Å². The summed E-state index contributed by atoms with van der Waals surface area (Å²) in [6.45, 7) is 5.71. The molecule has 0 spiro atoms. The third-order valence-corrected chi connectivity index (χ3v) is 6.25. The summed E-state index contributed by atoms with van der Waals surface area (Å²) in [4.78, 5) is 30.3. The molecule has 8 nitrogen and oxygen atoms in total. The fourth-order valence-corrected chi connectivity index (χ4v) is 4.35. The van der Waals surface area contributed by atoms with Gasteiger partial charge in [-0.3, -0.25) is 19.2 Å². The van der Waals surface area contributed by atoms with E-state index in [4.69, 9.17) is 16.3 Å². The second-order valence-electron chi connectivity index (χ2n) is 9.09. The number of nitrogens with zero attached hydrogens (tertiary/aromatic N) is 4. The first kappa shape index (κ1) is 24.8. The van der Waals surface area contributed by atoms with E-state index >= 15 is 0 Å². The highest BCUT2D eigenvalue weighted by Gasteiger charge is 2.33. The molecule has 4 rings (SSSR count). The average molecular weight is 496 g/mol. The largest absolute Gasteiger partial charge is 0.484 e. The molecule has 0 aliphatic carbocycles. The van der Waals surface area contributed by atoms with E-state index in [0.717, 1.165) is 5.56 Å². The van der Waals surface area contributed by atoms with Gasteiger partial charge in [-0.25, -0.2) is 0 Å². The van der Waals surface area contributed by atoms with E-state index in [1.165, 1.54) is 4.68 Å². The Morgan fingerprint density at radius 3 is 2.63 bits per heavy atom. The topological polar surface area (TPSA) is 79.7 Å². The minimum Gasteiger partial charge on any atom is -0.484 e. The molecule has 0 fully saturated rings. The number of aromatic nitrogens is 2. The third-order valence-electron chi connectivity index (χ3n) is 6.00. The van der Waals surface area contributed by atoms with Gasteiger partial charge >= 0.3 is 0 Å². The molecule has 2 heterocycles. The van der Waals surface area contributed by atoms with E-state index in [-0.39, 0.29) is 24.0 Å². The molecule has 9 heteroatoms. The van der Waals surface area contributed by atoms with Gasteiger partial charge < -0.3 is 15.0 Å². The Morgan fingerprint density at radius 1 is 1.23 bits per heavy atom. The van der Waals surface area contributed by atoms with Crippen molar-refractivity contribution >= 4 is 29.1 Å². The second-order valence-corrected chi connectivity index (χ2v) is 9.53. The summed E-state index contributed by atoms with van der Waals surface area (Å²) in [6, 6.07) is 14.6. The monoisotopic (exact) mass is 495 g/mol. The van der Waals surface area contributed by atoms with Gasteiger partial charge in [0.2, 0.25) is 0 Å². The lowest BCUT2D eigenvalue weighted by atomic mass is 10.1. The van der Waals surface area contributed by atoms with Gasteiger partial charge in [-0.1, -0.05) is 29.8 Å². The highest BCUT2D eigenvalue weighted by atomic mass is 35.5. The van der Waals surface area contributed by atoms with Crippen molar-refractivity contribution in [3.05, 3.63) is 76.6 Å².